The maximum atomic E-state index is 13.9. The Morgan fingerprint density at radius 2 is 2.16 bits per heavy atom. The van der Waals surface area contributed by atoms with E-state index in [0.29, 0.717) is 18.0 Å². The van der Waals surface area contributed by atoms with Gasteiger partial charge in [0.25, 0.3) is 0 Å². The van der Waals surface area contributed by atoms with Crippen molar-refractivity contribution in [3.63, 3.8) is 0 Å². The van der Waals surface area contributed by atoms with Crippen LogP contribution in [0.25, 0.3) is 0 Å². The molecule has 2 aliphatic rings. The van der Waals surface area contributed by atoms with Gasteiger partial charge in [-0.25, -0.2) is 4.39 Å². The number of carbonyl (C=O) groups is 1. The molecular formula is C15H19FN2O. The lowest BCUT2D eigenvalue weighted by Crippen LogP contribution is -2.38. The molecule has 4 heteroatoms. The van der Waals surface area contributed by atoms with Gasteiger partial charge in [0.05, 0.1) is 5.41 Å². The Morgan fingerprint density at radius 3 is 2.74 bits per heavy atom. The summed E-state index contributed by atoms with van der Waals surface area (Å²) in [5.41, 5.74) is 5.64. The van der Waals surface area contributed by atoms with Crippen LogP contribution in [0.1, 0.15) is 24.8 Å². The number of hydrogen-bond acceptors (Lipinski definition) is 2. The van der Waals surface area contributed by atoms with Gasteiger partial charge < -0.3 is 10.6 Å². The molecule has 0 aromatic heterocycles. The fraction of sp³-hybridized carbons (Fsp3) is 0.533. The highest BCUT2D eigenvalue weighted by Gasteiger charge is 2.54. The zero-order chi connectivity index (χ0) is 13.5. The van der Waals surface area contributed by atoms with E-state index in [0.717, 1.165) is 32.4 Å². The molecule has 19 heavy (non-hydrogen) atoms. The molecule has 2 fully saturated rings. The van der Waals surface area contributed by atoms with Crippen LogP contribution < -0.4 is 5.73 Å². The van der Waals surface area contributed by atoms with Crippen LogP contribution in [0.3, 0.4) is 0 Å². The van der Waals surface area contributed by atoms with Crippen molar-refractivity contribution in [1.29, 1.82) is 0 Å². The van der Waals surface area contributed by atoms with Crippen LogP contribution in [-0.4, -0.2) is 30.4 Å². The van der Waals surface area contributed by atoms with E-state index in [1.165, 1.54) is 6.07 Å². The van der Waals surface area contributed by atoms with E-state index in [4.69, 9.17) is 5.73 Å². The standard InChI is InChI=1S/C15H19FN2O/c16-13-4-2-1-3-12(13)15(6-7-15)14(19)18-8-5-11(9-17)10-18/h1-4,11H,5-10,17H2. The summed E-state index contributed by atoms with van der Waals surface area (Å²) in [5, 5.41) is 0. The molecule has 1 saturated heterocycles. The molecule has 102 valence electrons. The molecule has 1 heterocycles. The quantitative estimate of drug-likeness (QED) is 0.900. The number of rotatable bonds is 3. The van der Waals surface area contributed by atoms with Crippen molar-refractivity contribution in [3.05, 3.63) is 35.6 Å². The molecule has 1 saturated carbocycles. The second-order valence-electron chi connectivity index (χ2n) is 5.70. The van der Waals surface area contributed by atoms with Crippen LogP contribution in [0.4, 0.5) is 4.39 Å². The summed E-state index contributed by atoms with van der Waals surface area (Å²) in [5.74, 6) is 0.233. The van der Waals surface area contributed by atoms with Gasteiger partial charge in [-0.3, -0.25) is 4.79 Å². The van der Waals surface area contributed by atoms with Crippen molar-refractivity contribution in [3.8, 4) is 0 Å². The highest BCUT2D eigenvalue weighted by atomic mass is 19.1. The Kier molecular flexibility index (Phi) is 3.05. The average Bonchev–Trinajstić information content (AvgIpc) is 3.09. The number of nitrogens with zero attached hydrogens (tertiary/aromatic N) is 1. The predicted molar refractivity (Wildman–Crippen MR) is 71.1 cm³/mol. The fourth-order valence-electron chi connectivity index (χ4n) is 3.08. The van der Waals surface area contributed by atoms with Crippen molar-refractivity contribution in [1.82, 2.24) is 4.90 Å². The molecule has 0 bridgehead atoms. The second-order valence-corrected chi connectivity index (χ2v) is 5.70. The lowest BCUT2D eigenvalue weighted by atomic mass is 9.94. The van der Waals surface area contributed by atoms with Crippen LogP contribution in [0, 0.1) is 11.7 Å². The molecule has 1 amide bonds. The summed E-state index contributed by atoms with van der Waals surface area (Å²) in [6.07, 6.45) is 2.49. The number of halogens is 1. The van der Waals surface area contributed by atoms with Crippen molar-refractivity contribution in [2.45, 2.75) is 24.7 Å². The smallest absolute Gasteiger partial charge is 0.233 e. The average molecular weight is 262 g/mol. The lowest BCUT2D eigenvalue weighted by Gasteiger charge is -2.24. The summed E-state index contributed by atoms with van der Waals surface area (Å²) < 4.78 is 13.9. The van der Waals surface area contributed by atoms with Gasteiger partial charge in [0.15, 0.2) is 0 Å². The van der Waals surface area contributed by atoms with Gasteiger partial charge in [-0.05, 0) is 37.8 Å². The van der Waals surface area contributed by atoms with Gasteiger partial charge in [-0.1, -0.05) is 18.2 Å². The minimum Gasteiger partial charge on any atom is -0.342 e. The van der Waals surface area contributed by atoms with Gasteiger partial charge in [-0.15, -0.1) is 0 Å². The van der Waals surface area contributed by atoms with E-state index in [9.17, 15) is 9.18 Å². The first kappa shape index (κ1) is 12.6. The Bertz CT molecular complexity index is 499. The van der Waals surface area contributed by atoms with Gasteiger partial charge in [0.1, 0.15) is 5.82 Å². The van der Waals surface area contributed by atoms with Crippen LogP contribution in [0.15, 0.2) is 24.3 Å². The monoisotopic (exact) mass is 262 g/mol. The van der Waals surface area contributed by atoms with Gasteiger partial charge >= 0.3 is 0 Å². The van der Waals surface area contributed by atoms with Crippen molar-refractivity contribution in [2.24, 2.45) is 11.7 Å². The predicted octanol–water partition coefficient (Wildman–Crippen LogP) is 1.66. The molecule has 1 aromatic carbocycles. The molecule has 1 atom stereocenters. The number of benzene rings is 1. The first-order valence-corrected chi connectivity index (χ1v) is 6.92. The molecule has 3 rings (SSSR count). The summed E-state index contributed by atoms with van der Waals surface area (Å²) in [6, 6.07) is 6.66. The highest BCUT2D eigenvalue weighted by Crippen LogP contribution is 2.50. The Hall–Kier alpha value is -1.42. The van der Waals surface area contributed by atoms with Crippen LogP contribution in [-0.2, 0) is 10.2 Å². The second kappa shape index (κ2) is 4.60. The van der Waals surface area contributed by atoms with Gasteiger partial charge in [0.2, 0.25) is 5.91 Å². The Morgan fingerprint density at radius 1 is 1.42 bits per heavy atom. The van der Waals surface area contributed by atoms with Crippen molar-refractivity contribution < 1.29 is 9.18 Å². The third-order valence-corrected chi connectivity index (χ3v) is 4.46. The number of likely N-dealkylation sites (tertiary alicyclic amines) is 1. The zero-order valence-corrected chi connectivity index (χ0v) is 10.9. The summed E-state index contributed by atoms with van der Waals surface area (Å²) in [4.78, 5) is 14.5. The van der Waals surface area contributed by atoms with E-state index < -0.39 is 5.41 Å². The zero-order valence-electron chi connectivity index (χ0n) is 10.9. The third kappa shape index (κ3) is 2.04. The number of amides is 1. The number of carbonyl (C=O) groups excluding carboxylic acids is 1. The molecule has 1 aromatic rings. The summed E-state index contributed by atoms with van der Waals surface area (Å²) in [6.45, 7) is 2.11. The van der Waals surface area contributed by atoms with Crippen molar-refractivity contribution in [2.75, 3.05) is 19.6 Å². The minimum atomic E-state index is -0.588. The topological polar surface area (TPSA) is 46.3 Å². The van der Waals surface area contributed by atoms with Crippen molar-refractivity contribution >= 4 is 5.91 Å². The molecule has 1 unspecified atom stereocenters. The lowest BCUT2D eigenvalue weighted by molar-refractivity contribution is -0.133. The Balaban J connectivity index is 1.82. The van der Waals surface area contributed by atoms with Crippen LogP contribution in [0.2, 0.25) is 0 Å². The first-order chi connectivity index (χ1) is 9.17. The van der Waals surface area contributed by atoms with E-state index in [1.54, 1.807) is 18.2 Å². The minimum absolute atomic E-state index is 0.0913. The maximum Gasteiger partial charge on any atom is 0.233 e. The van der Waals surface area contributed by atoms with E-state index in [1.807, 2.05) is 4.90 Å². The normalized spacial score (nSPS) is 24.5. The van der Waals surface area contributed by atoms with E-state index in [-0.39, 0.29) is 11.7 Å². The molecule has 0 spiro atoms. The summed E-state index contributed by atoms with van der Waals surface area (Å²) >= 11 is 0. The summed E-state index contributed by atoms with van der Waals surface area (Å²) in [7, 11) is 0. The molecule has 0 radical (unpaired) electrons. The van der Waals surface area contributed by atoms with E-state index in [2.05, 4.69) is 0 Å². The SMILES string of the molecule is NCC1CCN(C(=O)C2(c3ccccc3F)CC2)C1. The molecule has 1 aliphatic heterocycles. The first-order valence-electron chi connectivity index (χ1n) is 6.92. The Labute approximate surface area is 112 Å². The van der Waals surface area contributed by atoms with E-state index >= 15 is 0 Å². The number of hydrogen-bond donors (Lipinski definition) is 1. The molecule has 2 N–H and O–H groups in total. The van der Waals surface area contributed by atoms with Gasteiger partial charge in [-0.2, -0.15) is 0 Å². The molecule has 1 aliphatic carbocycles. The van der Waals surface area contributed by atoms with Gasteiger partial charge in [0, 0.05) is 18.7 Å². The van der Waals surface area contributed by atoms with Crippen LogP contribution >= 0.6 is 0 Å². The fourth-order valence-corrected chi connectivity index (χ4v) is 3.08. The molecular weight excluding hydrogens is 243 g/mol. The number of nitrogens with two attached hydrogens (primary N) is 1. The highest BCUT2D eigenvalue weighted by molar-refractivity contribution is 5.91. The van der Waals surface area contributed by atoms with Crippen LogP contribution in [0.5, 0.6) is 0 Å². The maximum absolute atomic E-state index is 13.9. The third-order valence-electron chi connectivity index (χ3n) is 4.46. The molecule has 3 nitrogen and oxygen atoms in total. The largest absolute Gasteiger partial charge is 0.342 e.